The van der Waals surface area contributed by atoms with E-state index in [0.29, 0.717) is 31.3 Å². The molecule has 7 nitrogen and oxygen atoms in total. The van der Waals surface area contributed by atoms with E-state index in [9.17, 15) is 17.6 Å². The van der Waals surface area contributed by atoms with Gasteiger partial charge in [-0.15, -0.1) is 0 Å². The fourth-order valence-electron chi connectivity index (χ4n) is 3.37. The highest BCUT2D eigenvalue weighted by atomic mass is 35.5. The van der Waals surface area contributed by atoms with Gasteiger partial charge >= 0.3 is 0 Å². The first-order valence-electron chi connectivity index (χ1n) is 9.83. The van der Waals surface area contributed by atoms with Crippen LogP contribution in [0.2, 0.25) is 5.02 Å². The summed E-state index contributed by atoms with van der Waals surface area (Å²) in [6, 6.07) is 11.7. The largest absolute Gasteiger partial charge is 0.379 e. The van der Waals surface area contributed by atoms with Crippen LogP contribution in [0.3, 0.4) is 0 Å². The Morgan fingerprint density at radius 2 is 1.77 bits per heavy atom. The number of carbonyl (C=O) groups excluding carboxylic acids is 1. The zero-order valence-electron chi connectivity index (χ0n) is 17.1. The molecular formula is C21H25ClFN3O4S. The predicted octanol–water partition coefficient (Wildman–Crippen LogP) is 2.29. The van der Waals surface area contributed by atoms with Gasteiger partial charge in [0.25, 0.3) is 0 Å². The molecule has 1 fully saturated rings. The van der Waals surface area contributed by atoms with Crippen molar-refractivity contribution < 1.29 is 22.3 Å². The number of nitrogens with zero attached hydrogens (tertiary/aromatic N) is 2. The Hall–Kier alpha value is -2.04. The molecule has 0 saturated carbocycles. The van der Waals surface area contributed by atoms with Crippen molar-refractivity contribution in [3.63, 3.8) is 0 Å². The van der Waals surface area contributed by atoms with Gasteiger partial charge in [-0.2, -0.15) is 4.31 Å². The number of amides is 1. The lowest BCUT2D eigenvalue weighted by atomic mass is 10.0. The Balaban J connectivity index is 1.64. The average molecular weight is 470 g/mol. The molecule has 1 atom stereocenters. The standard InChI is InChI=1S/C21H25ClFN3O4S/c1-25(31(28,29)19-8-4-17(22)5-9-19)15-21(27)24-14-20(26-10-12-30-13-11-26)16-2-6-18(23)7-3-16/h2-9,20H,10-15H2,1H3,(H,24,27)/t20-/m1/s1. The van der Waals surface area contributed by atoms with Crippen molar-refractivity contribution >= 4 is 27.5 Å². The average Bonchev–Trinajstić information content (AvgIpc) is 2.76. The number of halogens is 2. The molecule has 2 aromatic carbocycles. The van der Waals surface area contributed by atoms with Crippen LogP contribution in [0.4, 0.5) is 4.39 Å². The molecule has 0 spiro atoms. The number of benzene rings is 2. The summed E-state index contributed by atoms with van der Waals surface area (Å²) in [7, 11) is -2.47. The van der Waals surface area contributed by atoms with Crippen LogP contribution in [0.5, 0.6) is 0 Å². The van der Waals surface area contributed by atoms with Crippen molar-refractivity contribution in [3.8, 4) is 0 Å². The van der Waals surface area contributed by atoms with Gasteiger partial charge in [-0.3, -0.25) is 9.69 Å². The van der Waals surface area contributed by atoms with Crippen LogP contribution in [-0.2, 0) is 19.6 Å². The Morgan fingerprint density at radius 1 is 1.16 bits per heavy atom. The molecule has 1 heterocycles. The van der Waals surface area contributed by atoms with E-state index >= 15 is 0 Å². The van der Waals surface area contributed by atoms with Crippen LogP contribution in [0.25, 0.3) is 0 Å². The van der Waals surface area contributed by atoms with Gasteiger partial charge < -0.3 is 10.1 Å². The summed E-state index contributed by atoms with van der Waals surface area (Å²) in [5.74, 6) is -0.761. The van der Waals surface area contributed by atoms with Gasteiger partial charge in [-0.25, -0.2) is 12.8 Å². The lowest BCUT2D eigenvalue weighted by molar-refractivity contribution is -0.121. The number of ether oxygens (including phenoxy) is 1. The quantitative estimate of drug-likeness (QED) is 0.641. The lowest BCUT2D eigenvalue weighted by Crippen LogP contribution is -2.45. The van der Waals surface area contributed by atoms with Crippen molar-refractivity contribution in [1.29, 1.82) is 0 Å². The van der Waals surface area contributed by atoms with E-state index in [1.54, 1.807) is 12.1 Å². The molecule has 1 amide bonds. The van der Waals surface area contributed by atoms with Gasteiger partial charge in [0.05, 0.1) is 30.7 Å². The SMILES string of the molecule is CN(CC(=O)NC[C@H](c1ccc(F)cc1)N1CCOCC1)S(=O)(=O)c1ccc(Cl)cc1. The highest BCUT2D eigenvalue weighted by molar-refractivity contribution is 7.89. The van der Waals surface area contributed by atoms with Gasteiger partial charge in [0.1, 0.15) is 5.82 Å². The number of likely N-dealkylation sites (N-methyl/N-ethyl adjacent to an activating group) is 1. The number of morpholine rings is 1. The maximum Gasteiger partial charge on any atom is 0.243 e. The molecule has 31 heavy (non-hydrogen) atoms. The van der Waals surface area contributed by atoms with Crippen LogP contribution in [-0.4, -0.2) is 70.0 Å². The summed E-state index contributed by atoms with van der Waals surface area (Å²) >= 11 is 5.81. The minimum Gasteiger partial charge on any atom is -0.379 e. The number of sulfonamides is 1. The summed E-state index contributed by atoms with van der Waals surface area (Å²) in [6.07, 6.45) is 0. The third kappa shape index (κ3) is 6.24. The summed E-state index contributed by atoms with van der Waals surface area (Å²) in [4.78, 5) is 14.7. The van der Waals surface area contributed by atoms with Crippen LogP contribution in [0.15, 0.2) is 53.4 Å². The van der Waals surface area contributed by atoms with Crippen molar-refractivity contribution in [1.82, 2.24) is 14.5 Å². The van der Waals surface area contributed by atoms with Crippen molar-refractivity contribution in [3.05, 3.63) is 64.9 Å². The predicted molar refractivity (Wildman–Crippen MR) is 116 cm³/mol. The van der Waals surface area contributed by atoms with Crippen molar-refractivity contribution in [2.75, 3.05) is 46.4 Å². The Labute approximate surface area is 186 Å². The topological polar surface area (TPSA) is 79.0 Å². The number of rotatable bonds is 8. The van der Waals surface area contributed by atoms with E-state index in [-0.39, 0.29) is 29.8 Å². The molecule has 3 rings (SSSR count). The minimum atomic E-state index is -3.82. The Bertz CT molecular complexity index is 981. The third-order valence-corrected chi connectivity index (χ3v) is 7.19. The van der Waals surface area contributed by atoms with Crippen LogP contribution in [0.1, 0.15) is 11.6 Å². The first-order chi connectivity index (χ1) is 14.8. The van der Waals surface area contributed by atoms with Gasteiger partial charge in [-0.05, 0) is 42.0 Å². The first-order valence-corrected chi connectivity index (χ1v) is 11.6. The highest BCUT2D eigenvalue weighted by Crippen LogP contribution is 2.22. The summed E-state index contributed by atoms with van der Waals surface area (Å²) in [5.41, 5.74) is 0.866. The van der Waals surface area contributed by atoms with E-state index in [2.05, 4.69) is 10.2 Å². The zero-order valence-corrected chi connectivity index (χ0v) is 18.7. The van der Waals surface area contributed by atoms with Crippen LogP contribution < -0.4 is 5.32 Å². The van der Waals surface area contributed by atoms with E-state index in [0.717, 1.165) is 9.87 Å². The molecule has 0 unspecified atom stereocenters. The number of nitrogens with one attached hydrogen (secondary N) is 1. The maximum atomic E-state index is 13.4. The molecule has 168 valence electrons. The fraction of sp³-hybridized carbons (Fsp3) is 0.381. The molecule has 0 radical (unpaired) electrons. The molecule has 0 aliphatic carbocycles. The molecule has 1 N–H and O–H groups in total. The zero-order chi connectivity index (χ0) is 22.4. The molecule has 1 aliphatic heterocycles. The smallest absolute Gasteiger partial charge is 0.243 e. The lowest BCUT2D eigenvalue weighted by Gasteiger charge is -2.35. The molecular weight excluding hydrogens is 445 g/mol. The van der Waals surface area contributed by atoms with Gasteiger partial charge in [-0.1, -0.05) is 23.7 Å². The molecule has 2 aromatic rings. The van der Waals surface area contributed by atoms with Gasteiger partial charge in [0.15, 0.2) is 0 Å². The van der Waals surface area contributed by atoms with Gasteiger partial charge in [0, 0.05) is 31.7 Å². The fourth-order valence-corrected chi connectivity index (χ4v) is 4.63. The molecule has 10 heteroatoms. The summed E-state index contributed by atoms with van der Waals surface area (Å²) < 4.78 is 45.1. The highest BCUT2D eigenvalue weighted by Gasteiger charge is 2.26. The molecule has 1 aliphatic rings. The Morgan fingerprint density at radius 3 is 2.39 bits per heavy atom. The minimum absolute atomic E-state index is 0.0599. The second-order valence-electron chi connectivity index (χ2n) is 7.23. The van der Waals surface area contributed by atoms with Crippen LogP contribution >= 0.6 is 11.6 Å². The number of hydrogen-bond acceptors (Lipinski definition) is 5. The normalized spacial score (nSPS) is 16.3. The van der Waals surface area contributed by atoms with Crippen molar-refractivity contribution in [2.24, 2.45) is 0 Å². The summed E-state index contributed by atoms with van der Waals surface area (Å²) in [5, 5.41) is 3.24. The second-order valence-corrected chi connectivity index (χ2v) is 9.72. The third-order valence-electron chi connectivity index (χ3n) is 5.12. The Kier molecular flexibility index (Phi) is 8.01. The molecule has 0 bridgehead atoms. The maximum absolute atomic E-state index is 13.4. The van der Waals surface area contributed by atoms with Gasteiger partial charge in [0.2, 0.25) is 15.9 Å². The van der Waals surface area contributed by atoms with E-state index in [1.165, 1.54) is 43.4 Å². The molecule has 1 saturated heterocycles. The van der Waals surface area contributed by atoms with E-state index < -0.39 is 15.9 Å². The second kappa shape index (κ2) is 10.5. The first kappa shape index (κ1) is 23.6. The molecule has 0 aromatic heterocycles. The summed E-state index contributed by atoms with van der Waals surface area (Å²) in [6.45, 7) is 2.45. The van der Waals surface area contributed by atoms with E-state index in [1.807, 2.05) is 0 Å². The number of hydrogen-bond donors (Lipinski definition) is 1. The van der Waals surface area contributed by atoms with E-state index in [4.69, 9.17) is 16.3 Å². The monoisotopic (exact) mass is 469 g/mol. The number of carbonyl (C=O) groups is 1. The van der Waals surface area contributed by atoms with Crippen molar-refractivity contribution in [2.45, 2.75) is 10.9 Å². The van der Waals surface area contributed by atoms with Crippen LogP contribution in [0, 0.1) is 5.82 Å².